The van der Waals surface area contributed by atoms with E-state index in [4.69, 9.17) is 10.2 Å². The van der Waals surface area contributed by atoms with Gasteiger partial charge in [0.15, 0.2) is 0 Å². The van der Waals surface area contributed by atoms with Crippen molar-refractivity contribution in [3.8, 4) is 0 Å². The first-order valence-corrected chi connectivity index (χ1v) is 10.6. The van der Waals surface area contributed by atoms with Crippen LogP contribution in [-0.4, -0.2) is 22.2 Å². The first-order chi connectivity index (χ1) is 13.1. The molecule has 0 aromatic heterocycles. The molecule has 0 saturated carbocycles. The Hall–Kier alpha value is -1.84. The van der Waals surface area contributed by atoms with Crippen LogP contribution in [0.3, 0.4) is 0 Å². The van der Waals surface area contributed by atoms with Gasteiger partial charge in [-0.15, -0.1) is 0 Å². The number of carbonyl (C=O) groups is 2. The van der Waals surface area contributed by atoms with E-state index in [1.807, 2.05) is 0 Å². The van der Waals surface area contributed by atoms with Crippen LogP contribution in [0.25, 0.3) is 0 Å². The second-order valence-electron chi connectivity index (χ2n) is 9.19. The summed E-state index contributed by atoms with van der Waals surface area (Å²) in [4.78, 5) is 21.7. The Balaban J connectivity index is 2.75. The summed E-state index contributed by atoms with van der Waals surface area (Å²) in [5, 5.41) is 17.9. The largest absolute Gasteiger partial charge is 0.481 e. The fourth-order valence-electron chi connectivity index (χ4n) is 3.59. The molecule has 0 aliphatic rings. The maximum absolute atomic E-state index is 10.9. The van der Waals surface area contributed by atoms with E-state index >= 15 is 0 Å². The van der Waals surface area contributed by atoms with Gasteiger partial charge in [-0.25, -0.2) is 0 Å². The number of rotatable bonds is 14. The molecule has 0 spiro atoms. The van der Waals surface area contributed by atoms with E-state index in [0.717, 1.165) is 31.2 Å². The highest BCUT2D eigenvalue weighted by Crippen LogP contribution is 2.30. The summed E-state index contributed by atoms with van der Waals surface area (Å²) in [5.74, 6) is -0.789. The van der Waals surface area contributed by atoms with Crippen LogP contribution in [0.4, 0.5) is 0 Å². The van der Waals surface area contributed by atoms with Crippen molar-refractivity contribution < 1.29 is 19.8 Å². The maximum Gasteiger partial charge on any atom is 0.303 e. The van der Waals surface area contributed by atoms with E-state index in [1.54, 1.807) is 0 Å². The van der Waals surface area contributed by atoms with Gasteiger partial charge in [0, 0.05) is 12.8 Å². The number of carboxylic acid groups (broad SMARTS) is 2. The molecule has 2 N–H and O–H groups in total. The van der Waals surface area contributed by atoms with Crippen LogP contribution < -0.4 is 0 Å². The predicted molar refractivity (Wildman–Crippen MR) is 114 cm³/mol. The Bertz CT molecular complexity index is 631. The Morgan fingerprint density at radius 3 is 2.14 bits per heavy atom. The predicted octanol–water partition coefficient (Wildman–Crippen LogP) is 5.90. The molecule has 4 nitrogen and oxygen atoms in total. The van der Waals surface area contributed by atoms with Crippen LogP contribution >= 0.6 is 0 Å². The molecule has 1 aromatic carbocycles. The van der Waals surface area contributed by atoms with E-state index in [1.165, 1.54) is 24.0 Å². The van der Waals surface area contributed by atoms with E-state index in [-0.39, 0.29) is 18.3 Å². The second-order valence-corrected chi connectivity index (χ2v) is 9.19. The van der Waals surface area contributed by atoms with Crippen LogP contribution in [0.2, 0.25) is 0 Å². The highest BCUT2D eigenvalue weighted by Gasteiger charge is 2.19. The molecule has 0 radical (unpaired) electrons. The van der Waals surface area contributed by atoms with Crippen LogP contribution in [0.5, 0.6) is 0 Å². The molecule has 0 bridgehead atoms. The average molecular weight is 391 g/mol. The zero-order valence-corrected chi connectivity index (χ0v) is 18.1. The number of aryl methyl sites for hydroxylation is 3. The Morgan fingerprint density at radius 2 is 1.54 bits per heavy atom. The van der Waals surface area contributed by atoms with Crippen molar-refractivity contribution in [2.24, 2.45) is 11.3 Å². The van der Waals surface area contributed by atoms with Crippen molar-refractivity contribution in [3.05, 3.63) is 34.9 Å². The molecule has 0 aliphatic heterocycles. The van der Waals surface area contributed by atoms with E-state index < -0.39 is 11.9 Å². The van der Waals surface area contributed by atoms with Crippen LogP contribution in [0.15, 0.2) is 18.2 Å². The lowest BCUT2D eigenvalue weighted by Crippen LogP contribution is -2.14. The minimum absolute atomic E-state index is 0.0249. The quantitative estimate of drug-likeness (QED) is 0.415. The summed E-state index contributed by atoms with van der Waals surface area (Å²) >= 11 is 0. The second kappa shape index (κ2) is 11.9. The van der Waals surface area contributed by atoms with Crippen LogP contribution in [0.1, 0.15) is 89.3 Å². The van der Waals surface area contributed by atoms with Gasteiger partial charge in [-0.3, -0.25) is 9.59 Å². The Kier molecular flexibility index (Phi) is 10.3. The molecule has 0 fully saturated rings. The summed E-state index contributed by atoms with van der Waals surface area (Å²) < 4.78 is 0. The summed E-state index contributed by atoms with van der Waals surface area (Å²) in [6, 6.07) is 6.45. The lowest BCUT2D eigenvalue weighted by molar-refractivity contribution is -0.138. The molecule has 0 heterocycles. The Morgan fingerprint density at radius 1 is 0.893 bits per heavy atom. The minimum Gasteiger partial charge on any atom is -0.481 e. The van der Waals surface area contributed by atoms with Gasteiger partial charge >= 0.3 is 11.9 Å². The van der Waals surface area contributed by atoms with Crippen LogP contribution in [0, 0.1) is 11.3 Å². The van der Waals surface area contributed by atoms with E-state index in [2.05, 4.69) is 45.9 Å². The SMILES string of the molecule is CC(C)CCCc1ccc(CCC(=O)O)cc1CCCC(C)(C)CCC(=O)O. The number of aliphatic carboxylic acids is 2. The molecule has 0 atom stereocenters. The molecule has 158 valence electrons. The lowest BCUT2D eigenvalue weighted by atomic mass is 9.82. The molecular weight excluding hydrogens is 352 g/mol. The normalized spacial score (nSPS) is 11.8. The van der Waals surface area contributed by atoms with Crippen LogP contribution in [-0.2, 0) is 28.9 Å². The first-order valence-electron chi connectivity index (χ1n) is 10.6. The highest BCUT2D eigenvalue weighted by atomic mass is 16.4. The zero-order valence-electron chi connectivity index (χ0n) is 18.1. The van der Waals surface area contributed by atoms with Crippen molar-refractivity contribution in [1.29, 1.82) is 0 Å². The number of hydrogen-bond donors (Lipinski definition) is 2. The minimum atomic E-state index is -0.761. The molecule has 0 aliphatic carbocycles. The number of benzene rings is 1. The summed E-state index contributed by atoms with van der Waals surface area (Å²) in [5.41, 5.74) is 3.83. The van der Waals surface area contributed by atoms with Gasteiger partial charge in [0.2, 0.25) is 0 Å². The van der Waals surface area contributed by atoms with Gasteiger partial charge in [0.05, 0.1) is 0 Å². The monoisotopic (exact) mass is 390 g/mol. The van der Waals surface area contributed by atoms with E-state index in [9.17, 15) is 9.59 Å². The molecule has 1 aromatic rings. The zero-order chi connectivity index (χ0) is 21.2. The van der Waals surface area contributed by atoms with Crippen molar-refractivity contribution in [1.82, 2.24) is 0 Å². The van der Waals surface area contributed by atoms with Crippen molar-refractivity contribution in [3.63, 3.8) is 0 Å². The number of hydrogen-bond acceptors (Lipinski definition) is 2. The van der Waals surface area contributed by atoms with Gasteiger partial charge < -0.3 is 10.2 Å². The first kappa shape index (κ1) is 24.2. The van der Waals surface area contributed by atoms with E-state index in [0.29, 0.717) is 18.8 Å². The third-order valence-corrected chi connectivity index (χ3v) is 5.44. The van der Waals surface area contributed by atoms with Crippen molar-refractivity contribution in [2.45, 2.75) is 91.9 Å². The van der Waals surface area contributed by atoms with Gasteiger partial charge in [-0.2, -0.15) is 0 Å². The smallest absolute Gasteiger partial charge is 0.303 e. The Labute approximate surface area is 170 Å². The molecular formula is C24H38O4. The van der Waals surface area contributed by atoms with Crippen molar-refractivity contribution >= 4 is 11.9 Å². The third-order valence-electron chi connectivity index (χ3n) is 5.44. The highest BCUT2D eigenvalue weighted by molar-refractivity contribution is 5.67. The summed E-state index contributed by atoms with van der Waals surface area (Å²) in [6.07, 6.45) is 8.07. The topological polar surface area (TPSA) is 74.6 Å². The average Bonchev–Trinajstić information content (AvgIpc) is 2.59. The molecule has 1 rings (SSSR count). The summed E-state index contributed by atoms with van der Waals surface area (Å²) in [6.45, 7) is 8.77. The van der Waals surface area contributed by atoms with Gasteiger partial charge in [-0.05, 0) is 73.0 Å². The standard InChI is InChI=1S/C24H38O4/c1-18(2)7-5-8-20-12-10-19(11-13-22(25)26)17-21(20)9-6-15-24(3,4)16-14-23(27)28/h10,12,17-18H,5-9,11,13-16H2,1-4H3,(H,25,26)(H,27,28). The number of carboxylic acids is 2. The van der Waals surface area contributed by atoms with Gasteiger partial charge in [-0.1, -0.05) is 52.3 Å². The fraction of sp³-hybridized carbons (Fsp3) is 0.667. The summed E-state index contributed by atoms with van der Waals surface area (Å²) in [7, 11) is 0. The molecule has 0 saturated heterocycles. The maximum atomic E-state index is 10.9. The molecule has 4 heteroatoms. The molecule has 0 amide bonds. The van der Waals surface area contributed by atoms with Gasteiger partial charge in [0.25, 0.3) is 0 Å². The molecule has 28 heavy (non-hydrogen) atoms. The fourth-order valence-corrected chi connectivity index (χ4v) is 3.59. The third kappa shape index (κ3) is 10.5. The molecule has 0 unspecified atom stereocenters. The van der Waals surface area contributed by atoms with Gasteiger partial charge in [0.1, 0.15) is 0 Å². The lowest BCUT2D eigenvalue weighted by Gasteiger charge is -2.24. The van der Waals surface area contributed by atoms with Crippen molar-refractivity contribution in [2.75, 3.05) is 0 Å².